The molecule has 3 N–H and O–H groups in total. The molecule has 2 amide bonds. The van der Waals surface area contributed by atoms with Gasteiger partial charge in [0.25, 0.3) is 10.0 Å². The molecule has 10 heteroatoms. The molecule has 0 atom stereocenters. The van der Waals surface area contributed by atoms with E-state index in [-0.39, 0.29) is 16.1 Å². The number of halogens is 1. The highest BCUT2D eigenvalue weighted by molar-refractivity contribution is 9.10. The van der Waals surface area contributed by atoms with E-state index < -0.39 is 10.0 Å². The summed E-state index contributed by atoms with van der Waals surface area (Å²) < 4.78 is 30.0. The number of sulfonamides is 1. The van der Waals surface area contributed by atoms with Crippen LogP contribution < -0.4 is 15.4 Å². The zero-order valence-corrected chi connectivity index (χ0v) is 20.7. The van der Waals surface area contributed by atoms with Gasteiger partial charge in [-0.15, -0.1) is 0 Å². The predicted molar refractivity (Wildman–Crippen MR) is 141 cm³/mol. The Bertz CT molecular complexity index is 1650. The van der Waals surface area contributed by atoms with Crippen LogP contribution in [0.4, 0.5) is 21.3 Å². The minimum Gasteiger partial charge on any atom is -0.308 e. The number of hydrogen-bond acceptors (Lipinski definition) is 5. The number of carbonyl (C=O) groups excluding carboxylic acids is 1. The van der Waals surface area contributed by atoms with E-state index in [1.807, 2.05) is 36.4 Å². The number of benzene rings is 4. The highest BCUT2D eigenvalue weighted by atomic mass is 79.9. The molecule has 34 heavy (non-hydrogen) atoms. The van der Waals surface area contributed by atoms with Crippen LogP contribution in [0.15, 0.2) is 94.3 Å². The maximum absolute atomic E-state index is 12.9. The van der Waals surface area contributed by atoms with Gasteiger partial charge in [-0.1, -0.05) is 63.7 Å². The first-order valence-corrected chi connectivity index (χ1v) is 13.2. The molecule has 0 saturated heterocycles. The summed E-state index contributed by atoms with van der Waals surface area (Å²) in [5.74, 6) is 0. The summed E-state index contributed by atoms with van der Waals surface area (Å²) in [4.78, 5) is 16.9. The van der Waals surface area contributed by atoms with Gasteiger partial charge in [0.1, 0.15) is 0 Å². The van der Waals surface area contributed by atoms with Gasteiger partial charge in [-0.05, 0) is 59.3 Å². The fourth-order valence-corrected chi connectivity index (χ4v) is 5.99. The lowest BCUT2D eigenvalue weighted by Gasteiger charge is -2.07. The Morgan fingerprint density at radius 3 is 2.38 bits per heavy atom. The van der Waals surface area contributed by atoms with E-state index in [1.165, 1.54) is 11.3 Å². The maximum Gasteiger partial charge on any atom is 0.323 e. The quantitative estimate of drug-likeness (QED) is 0.227. The topological polar surface area (TPSA) is 100 Å². The van der Waals surface area contributed by atoms with Crippen LogP contribution in [-0.2, 0) is 10.0 Å². The number of thiazole rings is 1. The van der Waals surface area contributed by atoms with E-state index in [2.05, 4.69) is 36.3 Å². The van der Waals surface area contributed by atoms with Crippen molar-refractivity contribution >= 4 is 80.8 Å². The fourth-order valence-electron chi connectivity index (χ4n) is 3.41. The maximum atomic E-state index is 12.9. The zero-order valence-electron chi connectivity index (χ0n) is 17.4. The molecule has 170 valence electrons. The van der Waals surface area contributed by atoms with Gasteiger partial charge in [-0.2, -0.15) is 0 Å². The molecule has 0 aliphatic carbocycles. The lowest BCUT2D eigenvalue weighted by atomic mass is 10.1. The Balaban J connectivity index is 1.33. The number of nitrogens with one attached hydrogen (secondary N) is 3. The third-order valence-corrected chi connectivity index (χ3v) is 7.87. The predicted octanol–water partition coefficient (Wildman–Crippen LogP) is 6.66. The van der Waals surface area contributed by atoms with Crippen molar-refractivity contribution in [2.45, 2.75) is 4.90 Å². The highest BCUT2D eigenvalue weighted by Gasteiger charge is 2.17. The summed E-state index contributed by atoms with van der Waals surface area (Å²) in [5, 5.41) is 7.59. The third kappa shape index (κ3) is 4.89. The van der Waals surface area contributed by atoms with E-state index in [4.69, 9.17) is 0 Å². The molecule has 4 aromatic carbocycles. The number of aromatic nitrogens is 1. The summed E-state index contributed by atoms with van der Waals surface area (Å²) in [6.07, 6.45) is 0. The Hall–Kier alpha value is -3.47. The monoisotopic (exact) mass is 552 g/mol. The summed E-state index contributed by atoms with van der Waals surface area (Å²) in [7, 11) is -3.81. The van der Waals surface area contributed by atoms with Crippen LogP contribution in [0.2, 0.25) is 0 Å². The molecule has 0 aliphatic rings. The first-order valence-electron chi connectivity index (χ1n) is 10.1. The van der Waals surface area contributed by atoms with Crippen LogP contribution in [0.3, 0.4) is 0 Å². The molecule has 1 heterocycles. The standard InChI is InChI=1S/C24H17BrN4O3S2/c25-17-6-3-7-18(13-17)26-23(30)27-19-9-11-21-22(14-19)33-24(28-21)29-34(31,32)20-10-8-15-4-1-2-5-16(15)12-20/h1-14H,(H,28,29)(H2,26,27,30). The second-order valence-electron chi connectivity index (χ2n) is 7.41. The Morgan fingerprint density at radius 1 is 0.824 bits per heavy atom. The second kappa shape index (κ2) is 9.05. The van der Waals surface area contributed by atoms with Crippen LogP contribution in [0.1, 0.15) is 0 Å². The van der Waals surface area contributed by atoms with Gasteiger partial charge in [0, 0.05) is 15.8 Å². The molecule has 0 radical (unpaired) electrons. The molecule has 0 bridgehead atoms. The molecule has 0 saturated carbocycles. The summed E-state index contributed by atoms with van der Waals surface area (Å²) in [6, 6.07) is 24.6. The van der Waals surface area contributed by atoms with Gasteiger partial charge in [-0.25, -0.2) is 18.2 Å². The summed E-state index contributed by atoms with van der Waals surface area (Å²) >= 11 is 4.56. The molecule has 0 fully saturated rings. The number of nitrogens with zero attached hydrogens (tertiary/aromatic N) is 1. The number of carbonyl (C=O) groups is 1. The van der Waals surface area contributed by atoms with Crippen LogP contribution in [0, 0.1) is 0 Å². The average molecular weight is 553 g/mol. The van der Waals surface area contributed by atoms with Crippen molar-refractivity contribution in [3.8, 4) is 0 Å². The molecule has 5 rings (SSSR count). The summed E-state index contributed by atoms with van der Waals surface area (Å²) in [6.45, 7) is 0. The molecule has 7 nitrogen and oxygen atoms in total. The van der Waals surface area contributed by atoms with Crippen molar-refractivity contribution in [2.75, 3.05) is 15.4 Å². The van der Waals surface area contributed by atoms with Gasteiger partial charge in [0.05, 0.1) is 15.1 Å². The number of hydrogen-bond donors (Lipinski definition) is 3. The third-order valence-electron chi connectivity index (χ3n) is 4.98. The molecule has 0 aliphatic heterocycles. The first kappa shape index (κ1) is 22.3. The molecular formula is C24H17BrN4O3S2. The minimum absolute atomic E-state index is 0.164. The van der Waals surface area contributed by atoms with Crippen LogP contribution in [0.5, 0.6) is 0 Å². The van der Waals surface area contributed by atoms with Crippen molar-refractivity contribution in [3.63, 3.8) is 0 Å². The van der Waals surface area contributed by atoms with Crippen molar-refractivity contribution in [2.24, 2.45) is 0 Å². The van der Waals surface area contributed by atoms with E-state index in [9.17, 15) is 13.2 Å². The number of rotatable bonds is 5. The molecular weight excluding hydrogens is 536 g/mol. The van der Waals surface area contributed by atoms with Crippen LogP contribution in [0.25, 0.3) is 21.0 Å². The van der Waals surface area contributed by atoms with E-state index in [1.54, 1.807) is 48.5 Å². The smallest absolute Gasteiger partial charge is 0.308 e. The van der Waals surface area contributed by atoms with Crippen LogP contribution >= 0.6 is 27.3 Å². The van der Waals surface area contributed by atoms with Crippen LogP contribution in [-0.4, -0.2) is 19.4 Å². The minimum atomic E-state index is -3.81. The van der Waals surface area contributed by atoms with Gasteiger partial charge < -0.3 is 10.6 Å². The number of fused-ring (bicyclic) bond motifs is 2. The number of anilines is 3. The van der Waals surface area contributed by atoms with E-state index in [0.29, 0.717) is 16.9 Å². The molecule has 5 aromatic rings. The second-order valence-corrected chi connectivity index (χ2v) is 11.0. The Labute approximate surface area is 208 Å². The SMILES string of the molecule is O=C(Nc1cccc(Br)c1)Nc1ccc2nc(NS(=O)(=O)c3ccc4ccccc4c3)sc2c1. The Kier molecular flexibility index (Phi) is 5.94. The number of amides is 2. The summed E-state index contributed by atoms with van der Waals surface area (Å²) in [5.41, 5.74) is 1.84. The van der Waals surface area contributed by atoms with Crippen molar-refractivity contribution in [1.29, 1.82) is 0 Å². The Morgan fingerprint density at radius 2 is 1.59 bits per heavy atom. The molecule has 0 spiro atoms. The van der Waals surface area contributed by atoms with Crippen molar-refractivity contribution in [3.05, 3.63) is 89.4 Å². The lowest BCUT2D eigenvalue weighted by Crippen LogP contribution is -2.19. The molecule has 0 unspecified atom stereocenters. The largest absolute Gasteiger partial charge is 0.323 e. The van der Waals surface area contributed by atoms with Gasteiger partial charge in [-0.3, -0.25) is 4.72 Å². The average Bonchev–Trinajstić information content (AvgIpc) is 3.19. The normalized spacial score (nSPS) is 11.4. The highest BCUT2D eigenvalue weighted by Crippen LogP contribution is 2.30. The fraction of sp³-hybridized carbons (Fsp3) is 0. The zero-order chi connectivity index (χ0) is 23.7. The number of urea groups is 1. The lowest BCUT2D eigenvalue weighted by molar-refractivity contribution is 0.262. The van der Waals surface area contributed by atoms with Gasteiger partial charge in [0.15, 0.2) is 5.13 Å². The van der Waals surface area contributed by atoms with Crippen molar-refractivity contribution in [1.82, 2.24) is 4.98 Å². The van der Waals surface area contributed by atoms with Crippen molar-refractivity contribution < 1.29 is 13.2 Å². The molecule has 1 aromatic heterocycles. The van der Waals surface area contributed by atoms with Gasteiger partial charge in [0.2, 0.25) is 0 Å². The van der Waals surface area contributed by atoms with Gasteiger partial charge >= 0.3 is 6.03 Å². The first-order chi connectivity index (χ1) is 16.4. The van der Waals surface area contributed by atoms with E-state index in [0.717, 1.165) is 19.9 Å². The van der Waals surface area contributed by atoms with E-state index >= 15 is 0 Å².